The fourth-order valence-electron chi connectivity index (χ4n) is 7.13. The number of aromatic nitrogens is 2. The quantitative estimate of drug-likeness (QED) is 0.0807. The first-order valence-corrected chi connectivity index (χ1v) is 17.5. The minimum atomic E-state index is -1.31. The summed E-state index contributed by atoms with van der Waals surface area (Å²) in [6.07, 6.45) is -1.00. The molecule has 0 aliphatic carbocycles. The number of hydrogen-bond donors (Lipinski definition) is 1. The lowest BCUT2D eigenvalue weighted by Crippen LogP contribution is -2.42. The molecule has 1 aromatic heterocycles. The van der Waals surface area contributed by atoms with Crippen molar-refractivity contribution in [3.05, 3.63) is 168 Å². The molecule has 54 heavy (non-hydrogen) atoms. The first kappa shape index (κ1) is 38.1. The minimum absolute atomic E-state index is 0.0158. The van der Waals surface area contributed by atoms with Crippen molar-refractivity contribution in [3.63, 3.8) is 0 Å². The molecular formula is C41H43N3O10. The molecule has 1 N–H and O–H groups in total. The van der Waals surface area contributed by atoms with Gasteiger partial charge >= 0.3 is 5.69 Å². The molecule has 1 aliphatic rings. The molecule has 2 heterocycles. The van der Waals surface area contributed by atoms with Gasteiger partial charge in [-0.2, -0.15) is 0 Å². The first-order valence-electron chi connectivity index (χ1n) is 17.5. The number of para-hydroxylation sites is 2. The van der Waals surface area contributed by atoms with Crippen LogP contribution in [0.2, 0.25) is 0 Å². The lowest BCUT2D eigenvalue weighted by atomic mass is 9.79. The highest BCUT2D eigenvalue weighted by atomic mass is 16.6. The monoisotopic (exact) mass is 737 g/mol. The predicted octanol–water partition coefficient (Wildman–Crippen LogP) is 5.68. The molecule has 1 aliphatic heterocycles. The van der Waals surface area contributed by atoms with E-state index in [0.29, 0.717) is 22.6 Å². The molecule has 0 spiro atoms. The van der Waals surface area contributed by atoms with Crippen molar-refractivity contribution >= 4 is 5.69 Å². The van der Waals surface area contributed by atoms with Crippen molar-refractivity contribution in [1.82, 2.24) is 9.13 Å². The first-order chi connectivity index (χ1) is 26.1. The van der Waals surface area contributed by atoms with Crippen LogP contribution in [-0.4, -0.2) is 58.8 Å². The molecule has 0 bridgehead atoms. The van der Waals surface area contributed by atoms with Gasteiger partial charge in [0.2, 0.25) is 0 Å². The van der Waals surface area contributed by atoms with Gasteiger partial charge in [-0.1, -0.05) is 97.9 Å². The zero-order valence-corrected chi connectivity index (χ0v) is 30.5. The third-order valence-corrected chi connectivity index (χ3v) is 9.76. The number of methoxy groups -OCH3 is 2. The van der Waals surface area contributed by atoms with Gasteiger partial charge in [0, 0.05) is 41.3 Å². The fraction of sp³-hybridized carbons (Fsp3) is 0.317. The summed E-state index contributed by atoms with van der Waals surface area (Å²) in [6, 6.07) is 31.2. The lowest BCUT2D eigenvalue weighted by Gasteiger charge is -2.39. The van der Waals surface area contributed by atoms with Gasteiger partial charge in [-0.3, -0.25) is 19.5 Å². The van der Waals surface area contributed by atoms with Crippen molar-refractivity contribution in [3.8, 4) is 11.5 Å². The van der Waals surface area contributed by atoms with E-state index in [4.69, 9.17) is 23.7 Å². The lowest BCUT2D eigenvalue weighted by molar-refractivity contribution is -0.385. The van der Waals surface area contributed by atoms with E-state index in [2.05, 4.69) is 0 Å². The van der Waals surface area contributed by atoms with E-state index >= 15 is 0 Å². The van der Waals surface area contributed by atoms with Crippen LogP contribution in [0, 0.1) is 17.0 Å². The molecule has 0 saturated carbocycles. The Morgan fingerprint density at radius 2 is 1.57 bits per heavy atom. The Balaban J connectivity index is 1.35. The van der Waals surface area contributed by atoms with Crippen LogP contribution in [-0.2, 0) is 26.5 Å². The number of nitrogens with zero attached hydrogens (tertiary/aromatic N) is 3. The van der Waals surface area contributed by atoms with Crippen LogP contribution in [0.25, 0.3) is 0 Å². The Morgan fingerprint density at radius 3 is 2.19 bits per heavy atom. The highest BCUT2D eigenvalue weighted by Crippen LogP contribution is 2.49. The maximum atomic E-state index is 14.0. The normalized spacial score (nSPS) is 17.6. The maximum Gasteiger partial charge on any atom is 0.335 e. The van der Waals surface area contributed by atoms with E-state index in [0.717, 1.165) is 15.7 Å². The van der Waals surface area contributed by atoms with Gasteiger partial charge in [-0.05, 0) is 24.1 Å². The van der Waals surface area contributed by atoms with E-state index in [9.17, 15) is 24.8 Å². The zero-order chi connectivity index (χ0) is 38.4. The summed E-state index contributed by atoms with van der Waals surface area (Å²) < 4.78 is 33.4. The molecule has 1 saturated heterocycles. The standard InChI is InChI=1S/C41H43N3O10/c1-27-23-42(40(47)43(39(27)46)26-52-25-28(2)31-18-11-12-20-33(31)44(48)49)37-22-35(36(24-45)53-37)54-41(29-14-7-5-8-15-29,30-16-9-6-10-17-30)32-19-13-21-34(50-3)38(32)51-4/h5-21,23,28,35-37,45H,22,24-26H2,1-4H3/t28?,35-,36+,37+/m0/s1. The molecule has 13 nitrogen and oxygen atoms in total. The van der Waals surface area contributed by atoms with E-state index < -0.39 is 52.7 Å². The van der Waals surface area contributed by atoms with Gasteiger partial charge in [-0.25, -0.2) is 9.36 Å². The number of hydrogen-bond acceptors (Lipinski definition) is 10. The SMILES string of the molecule is COc1cccc(C(O[C@H]2C[C@H](n3cc(C)c(=O)n(COCC(C)c4ccccc4[N+](=O)[O-])c3=O)O[C@@H]2CO)(c2ccccc2)c2ccccc2)c1OC. The predicted molar refractivity (Wildman–Crippen MR) is 200 cm³/mol. The third-order valence-electron chi connectivity index (χ3n) is 9.76. The number of benzene rings is 4. The highest BCUT2D eigenvalue weighted by Gasteiger charge is 2.47. The second kappa shape index (κ2) is 16.6. The van der Waals surface area contributed by atoms with Crippen molar-refractivity contribution in [1.29, 1.82) is 0 Å². The van der Waals surface area contributed by atoms with Crippen LogP contribution < -0.4 is 20.7 Å². The fourth-order valence-corrected chi connectivity index (χ4v) is 7.13. The number of nitro benzene ring substituents is 1. The summed E-state index contributed by atoms with van der Waals surface area (Å²) >= 11 is 0. The third kappa shape index (κ3) is 7.31. The molecule has 1 unspecified atom stereocenters. The molecule has 0 amide bonds. The zero-order valence-electron chi connectivity index (χ0n) is 30.5. The topological polar surface area (TPSA) is 154 Å². The molecule has 5 aromatic rings. The average Bonchev–Trinajstić information content (AvgIpc) is 3.62. The number of rotatable bonds is 15. The van der Waals surface area contributed by atoms with E-state index in [1.54, 1.807) is 52.3 Å². The van der Waals surface area contributed by atoms with Gasteiger partial charge in [0.05, 0.1) is 38.5 Å². The van der Waals surface area contributed by atoms with E-state index in [1.807, 2.05) is 72.8 Å². The number of ether oxygens (including phenoxy) is 5. The molecule has 1 fully saturated rings. The number of aliphatic hydroxyl groups excluding tert-OH is 1. The summed E-state index contributed by atoms with van der Waals surface area (Å²) in [5.74, 6) is 0.559. The van der Waals surface area contributed by atoms with Crippen molar-refractivity contribution in [2.45, 2.75) is 57.0 Å². The largest absolute Gasteiger partial charge is 0.493 e. The van der Waals surface area contributed by atoms with Crippen molar-refractivity contribution in [2.75, 3.05) is 27.4 Å². The maximum absolute atomic E-state index is 14.0. The summed E-state index contributed by atoms with van der Waals surface area (Å²) in [5.41, 5.74) is 0.369. The molecule has 282 valence electrons. The average molecular weight is 738 g/mol. The van der Waals surface area contributed by atoms with Crippen LogP contribution in [0.5, 0.6) is 11.5 Å². The van der Waals surface area contributed by atoms with Gasteiger partial charge < -0.3 is 28.8 Å². The van der Waals surface area contributed by atoms with E-state index in [-0.39, 0.29) is 31.0 Å². The van der Waals surface area contributed by atoms with Crippen LogP contribution >= 0.6 is 0 Å². The van der Waals surface area contributed by atoms with E-state index in [1.165, 1.54) is 16.8 Å². The number of nitro groups is 1. The van der Waals surface area contributed by atoms with Crippen LogP contribution in [0.4, 0.5) is 5.69 Å². The number of aryl methyl sites for hydroxylation is 1. The second-order valence-electron chi connectivity index (χ2n) is 13.1. The summed E-state index contributed by atoms with van der Waals surface area (Å²) in [6.45, 7) is 2.56. The van der Waals surface area contributed by atoms with Crippen molar-refractivity contribution in [2.24, 2.45) is 0 Å². The Hall–Kier alpha value is -5.60. The molecule has 13 heteroatoms. The van der Waals surface area contributed by atoms with Gasteiger partial charge in [0.1, 0.15) is 24.7 Å². The van der Waals surface area contributed by atoms with Crippen molar-refractivity contribution < 1.29 is 33.7 Å². The summed E-state index contributed by atoms with van der Waals surface area (Å²) in [5, 5.41) is 22.2. The molecule has 0 radical (unpaired) electrons. The van der Waals surface area contributed by atoms with Gasteiger partial charge in [0.25, 0.3) is 11.2 Å². The smallest absolute Gasteiger partial charge is 0.335 e. The highest BCUT2D eigenvalue weighted by molar-refractivity contribution is 5.58. The Labute approximate surface area is 312 Å². The summed E-state index contributed by atoms with van der Waals surface area (Å²) in [7, 11) is 3.12. The minimum Gasteiger partial charge on any atom is -0.493 e. The Kier molecular flexibility index (Phi) is 11.7. The van der Waals surface area contributed by atoms with Crippen LogP contribution in [0.1, 0.15) is 53.3 Å². The second-order valence-corrected chi connectivity index (χ2v) is 13.1. The summed E-state index contributed by atoms with van der Waals surface area (Å²) in [4.78, 5) is 38.3. The van der Waals surface area contributed by atoms with Crippen LogP contribution in [0.3, 0.4) is 0 Å². The van der Waals surface area contributed by atoms with Gasteiger partial charge in [0.15, 0.2) is 11.5 Å². The Morgan fingerprint density at radius 1 is 0.926 bits per heavy atom. The molecule has 6 rings (SSSR count). The van der Waals surface area contributed by atoms with Crippen LogP contribution in [0.15, 0.2) is 119 Å². The number of aliphatic hydroxyl groups is 1. The van der Waals surface area contributed by atoms with Gasteiger partial charge in [-0.15, -0.1) is 0 Å². The molecular weight excluding hydrogens is 694 g/mol. The Bertz CT molecular complexity index is 2150. The molecule has 4 atom stereocenters. The molecule has 4 aromatic carbocycles.